The monoisotopic (exact) mass is 376 g/mol. The van der Waals surface area contributed by atoms with Crippen LogP contribution >= 0.6 is 11.8 Å². The van der Waals surface area contributed by atoms with Crippen molar-refractivity contribution in [2.75, 3.05) is 28.4 Å². The van der Waals surface area contributed by atoms with Crippen LogP contribution in [0.5, 0.6) is 5.75 Å². The third kappa shape index (κ3) is 5.00. The summed E-state index contributed by atoms with van der Waals surface area (Å²) in [5.41, 5.74) is 1.95. The van der Waals surface area contributed by atoms with Crippen LogP contribution in [0.25, 0.3) is 0 Å². The van der Waals surface area contributed by atoms with Crippen molar-refractivity contribution < 1.29 is 23.7 Å². The van der Waals surface area contributed by atoms with E-state index in [2.05, 4.69) is 0 Å². The average Bonchev–Trinajstić information content (AvgIpc) is 2.70. The Kier molecular flexibility index (Phi) is 7.97. The lowest BCUT2D eigenvalue weighted by molar-refractivity contribution is -0.163. The topological polar surface area (TPSA) is 54.0 Å². The Balaban J connectivity index is 2.28. The molecule has 6 heteroatoms. The Morgan fingerprint density at radius 2 is 1.73 bits per heavy atom. The van der Waals surface area contributed by atoms with Gasteiger partial charge in [0.2, 0.25) is 0 Å². The molecule has 2 aromatic rings. The highest BCUT2D eigenvalue weighted by atomic mass is 32.2. The van der Waals surface area contributed by atoms with E-state index < -0.39 is 18.2 Å². The van der Waals surface area contributed by atoms with Crippen molar-refractivity contribution in [1.82, 2.24) is 0 Å². The molecule has 0 bridgehead atoms. The Morgan fingerprint density at radius 3 is 2.38 bits per heavy atom. The third-order valence-electron chi connectivity index (χ3n) is 3.97. The molecule has 0 saturated carbocycles. The molecule has 1 atom stereocenters. The fraction of sp³-hybridized carbons (Fsp3) is 0.350. The Bertz CT molecular complexity index is 715. The van der Waals surface area contributed by atoms with Crippen LogP contribution in [0, 0.1) is 0 Å². The van der Waals surface area contributed by atoms with E-state index in [0.717, 1.165) is 27.5 Å². The van der Waals surface area contributed by atoms with Gasteiger partial charge in [0.15, 0.2) is 6.29 Å². The zero-order valence-electron chi connectivity index (χ0n) is 15.4. The van der Waals surface area contributed by atoms with E-state index in [9.17, 15) is 4.79 Å². The molecule has 0 N–H and O–H groups in total. The second kappa shape index (κ2) is 10.2. The number of carbonyl (C=O) groups is 1. The van der Waals surface area contributed by atoms with Crippen LogP contribution in [0.3, 0.4) is 0 Å². The highest BCUT2D eigenvalue weighted by Gasteiger charge is 2.33. The Morgan fingerprint density at radius 1 is 1.00 bits per heavy atom. The van der Waals surface area contributed by atoms with Gasteiger partial charge in [0, 0.05) is 24.9 Å². The normalized spacial score (nSPS) is 12.0. The molecule has 0 aromatic heterocycles. The minimum Gasteiger partial charge on any atom is -0.497 e. The number of hydrogen-bond donors (Lipinski definition) is 0. The van der Waals surface area contributed by atoms with E-state index in [0.29, 0.717) is 0 Å². The molecule has 0 aliphatic rings. The second-order valence-corrected chi connectivity index (χ2v) is 6.54. The van der Waals surface area contributed by atoms with Crippen molar-refractivity contribution in [3.8, 4) is 5.75 Å². The second-order valence-electron chi connectivity index (χ2n) is 5.52. The van der Waals surface area contributed by atoms with E-state index in [1.54, 1.807) is 18.9 Å². The van der Waals surface area contributed by atoms with Crippen molar-refractivity contribution in [3.05, 3.63) is 59.7 Å². The predicted molar refractivity (Wildman–Crippen MR) is 102 cm³/mol. The molecule has 0 aliphatic heterocycles. The largest absolute Gasteiger partial charge is 0.497 e. The smallest absolute Gasteiger partial charge is 0.318 e. The summed E-state index contributed by atoms with van der Waals surface area (Å²) in [5.74, 6) is 0.506. The van der Waals surface area contributed by atoms with E-state index >= 15 is 0 Å². The lowest BCUT2D eigenvalue weighted by Gasteiger charge is -2.24. The van der Waals surface area contributed by atoms with Gasteiger partial charge >= 0.3 is 5.97 Å². The minimum absolute atomic E-state index is 0.395. The average molecular weight is 376 g/mol. The number of esters is 1. The Labute approximate surface area is 158 Å². The molecule has 0 aliphatic carbocycles. The van der Waals surface area contributed by atoms with Gasteiger partial charge in [-0.15, -0.1) is 11.8 Å². The maximum Gasteiger partial charge on any atom is 0.318 e. The van der Waals surface area contributed by atoms with Gasteiger partial charge in [0.05, 0.1) is 14.2 Å². The first kappa shape index (κ1) is 20.3. The number of thioether (sulfide) groups is 1. The van der Waals surface area contributed by atoms with E-state index in [1.165, 1.54) is 21.3 Å². The van der Waals surface area contributed by atoms with E-state index in [4.69, 9.17) is 18.9 Å². The number of carbonyl (C=O) groups excluding carboxylic acids is 1. The highest BCUT2D eigenvalue weighted by Crippen LogP contribution is 2.34. The number of benzene rings is 2. The van der Waals surface area contributed by atoms with E-state index in [-0.39, 0.29) is 0 Å². The molecule has 0 heterocycles. The third-order valence-corrected chi connectivity index (χ3v) is 5.13. The van der Waals surface area contributed by atoms with Gasteiger partial charge in [-0.2, -0.15) is 0 Å². The molecular formula is C20H24O5S. The molecule has 1 unspecified atom stereocenters. The van der Waals surface area contributed by atoms with Crippen molar-refractivity contribution in [2.45, 2.75) is 22.9 Å². The standard InChI is InChI=1S/C20H24O5S/c1-22-15-9-7-8-14(12-15)13-26-17-11-6-5-10-16(17)18(19(21)23-2)20(24-3)25-4/h5-12,18,20H,13H2,1-4H3. The van der Waals surface area contributed by atoms with Gasteiger partial charge in [-0.3, -0.25) is 4.79 Å². The van der Waals surface area contributed by atoms with Gasteiger partial charge < -0.3 is 18.9 Å². The fourth-order valence-electron chi connectivity index (χ4n) is 2.67. The molecule has 0 radical (unpaired) electrons. The van der Waals surface area contributed by atoms with Crippen LogP contribution in [0.4, 0.5) is 0 Å². The summed E-state index contributed by atoms with van der Waals surface area (Å²) < 4.78 is 20.9. The Hall–Kier alpha value is -2.02. The zero-order valence-corrected chi connectivity index (χ0v) is 16.2. The summed E-state index contributed by atoms with van der Waals surface area (Å²) in [5, 5.41) is 0. The van der Waals surface area contributed by atoms with Gasteiger partial charge in [-0.25, -0.2) is 0 Å². The van der Waals surface area contributed by atoms with Gasteiger partial charge in [-0.05, 0) is 29.3 Å². The summed E-state index contributed by atoms with van der Waals surface area (Å²) in [6.45, 7) is 0. The number of hydrogen-bond acceptors (Lipinski definition) is 6. The van der Waals surface area contributed by atoms with Crippen LogP contribution in [0.15, 0.2) is 53.4 Å². The predicted octanol–water partition coefficient (Wildman–Crippen LogP) is 3.86. The maximum atomic E-state index is 12.4. The van der Waals surface area contributed by atoms with Gasteiger partial charge in [0.25, 0.3) is 0 Å². The molecule has 2 rings (SSSR count). The first-order chi connectivity index (χ1) is 12.6. The van der Waals surface area contributed by atoms with Crippen molar-refractivity contribution in [2.24, 2.45) is 0 Å². The van der Waals surface area contributed by atoms with E-state index in [1.807, 2.05) is 48.5 Å². The van der Waals surface area contributed by atoms with Crippen LogP contribution in [0.2, 0.25) is 0 Å². The fourth-order valence-corrected chi connectivity index (χ4v) is 3.71. The summed E-state index contributed by atoms with van der Waals surface area (Å²) in [7, 11) is 6.04. The quantitative estimate of drug-likeness (QED) is 0.376. The summed E-state index contributed by atoms with van der Waals surface area (Å²) in [6.07, 6.45) is -0.721. The first-order valence-electron chi connectivity index (χ1n) is 8.12. The summed E-state index contributed by atoms with van der Waals surface area (Å²) in [4.78, 5) is 13.4. The zero-order chi connectivity index (χ0) is 18.9. The molecule has 2 aromatic carbocycles. The number of methoxy groups -OCH3 is 4. The molecule has 0 spiro atoms. The van der Waals surface area contributed by atoms with Crippen molar-refractivity contribution in [1.29, 1.82) is 0 Å². The molecule has 26 heavy (non-hydrogen) atoms. The maximum absolute atomic E-state index is 12.4. The van der Waals surface area contributed by atoms with Crippen LogP contribution in [-0.2, 0) is 24.8 Å². The molecule has 0 saturated heterocycles. The minimum atomic E-state index is -0.721. The van der Waals surface area contributed by atoms with Gasteiger partial charge in [-0.1, -0.05) is 30.3 Å². The SMILES string of the molecule is COC(=O)C(c1ccccc1SCc1cccc(OC)c1)C(OC)OC. The van der Waals surface area contributed by atoms with Crippen molar-refractivity contribution >= 4 is 17.7 Å². The lowest BCUT2D eigenvalue weighted by atomic mass is 9.98. The van der Waals surface area contributed by atoms with Crippen molar-refractivity contribution in [3.63, 3.8) is 0 Å². The first-order valence-corrected chi connectivity index (χ1v) is 9.11. The summed E-state index contributed by atoms with van der Waals surface area (Å²) >= 11 is 1.64. The molecule has 140 valence electrons. The molecule has 5 nitrogen and oxygen atoms in total. The molecule has 0 fully saturated rings. The lowest BCUT2D eigenvalue weighted by Crippen LogP contribution is -2.30. The van der Waals surface area contributed by atoms with Crippen LogP contribution in [0.1, 0.15) is 17.0 Å². The molecule has 0 amide bonds. The van der Waals surface area contributed by atoms with Gasteiger partial charge in [0.1, 0.15) is 11.7 Å². The van der Waals surface area contributed by atoms with Crippen LogP contribution < -0.4 is 4.74 Å². The summed E-state index contributed by atoms with van der Waals surface area (Å²) in [6, 6.07) is 15.6. The van der Waals surface area contributed by atoms with Crippen LogP contribution in [-0.4, -0.2) is 40.7 Å². The number of ether oxygens (including phenoxy) is 4. The highest BCUT2D eigenvalue weighted by molar-refractivity contribution is 7.98. The number of rotatable bonds is 9. The molecular weight excluding hydrogens is 352 g/mol.